The molecule has 0 atom stereocenters. The Hall–Kier alpha value is 0.370. The minimum atomic E-state index is -5.68. The Kier molecular flexibility index (Phi) is 6.54. The highest BCUT2D eigenvalue weighted by molar-refractivity contribution is 7.57. The summed E-state index contributed by atoms with van der Waals surface area (Å²) >= 11 is 0. The van der Waals surface area contributed by atoms with Crippen molar-refractivity contribution >= 4 is 23.5 Å². The molecule has 14 heteroatoms. The minimum Gasteiger partial charge on any atom is -0.822 e. The monoisotopic (exact) mass is 269 g/mol. The lowest BCUT2D eigenvalue weighted by atomic mass is 15.7. The van der Waals surface area contributed by atoms with Gasteiger partial charge in [-0.1, -0.05) is 0 Å². The highest BCUT2D eigenvalue weighted by Crippen LogP contribution is 2.42. The fraction of sp³-hybridized carbons (Fsp3) is 0. The van der Waals surface area contributed by atoms with Crippen LogP contribution in [0.1, 0.15) is 0 Å². The molecule has 0 rings (SSSR count). The first kappa shape index (κ1) is 16.8. The van der Waals surface area contributed by atoms with Crippen molar-refractivity contribution in [1.82, 2.24) is 0 Å². The summed E-state index contributed by atoms with van der Waals surface area (Å²) in [5.41, 5.74) is 0. The minimum absolute atomic E-state index is 2.51. The van der Waals surface area contributed by atoms with Gasteiger partial charge in [0.1, 0.15) is 0 Å². The second-order valence-corrected chi connectivity index (χ2v) is 4.76. The van der Waals surface area contributed by atoms with Crippen molar-refractivity contribution in [2.24, 2.45) is 0 Å². The Morgan fingerprint density at radius 3 is 0.786 bits per heavy atom. The van der Waals surface area contributed by atoms with Gasteiger partial charge in [-0.25, -0.2) is 0 Å². The van der Waals surface area contributed by atoms with Crippen LogP contribution in [0.25, 0.3) is 0 Å². The first-order valence-electron chi connectivity index (χ1n) is 2.19. The highest BCUT2D eigenvalue weighted by Gasteiger charge is 1.92. The summed E-state index contributed by atoms with van der Waals surface area (Å²) < 4.78 is 29.7. The molecule has 0 bridgehead atoms. The third-order valence-corrected chi connectivity index (χ3v) is 1.80. The van der Waals surface area contributed by atoms with Crippen LogP contribution in [0.3, 0.4) is 0 Å². The summed E-state index contributed by atoms with van der Waals surface area (Å²) in [5, 5.41) is 0. The van der Waals surface area contributed by atoms with E-state index in [1.807, 2.05) is 0 Å². The standard InChI is InChI=1S/H4O7P2.H3O4P/c1-8(2,3)7-9(4,5)6;1-5(2,3)4/h(H2,1,2,3)(H2,4,5,6);(H3,1,2,3,4)/p-7. The molecule has 0 aromatic carbocycles. The van der Waals surface area contributed by atoms with E-state index in [1.165, 1.54) is 0 Å². The molecular formula is O11P3-7. The van der Waals surface area contributed by atoms with Crippen LogP contribution in [-0.4, -0.2) is 0 Å². The maximum atomic E-state index is 9.32. The maximum Gasteiger partial charge on any atom is 0.0655 e. The molecule has 0 radical (unpaired) electrons. The van der Waals surface area contributed by atoms with Crippen LogP contribution in [0.5, 0.6) is 0 Å². The van der Waals surface area contributed by atoms with E-state index in [0.29, 0.717) is 0 Å². The first-order valence-corrected chi connectivity index (χ1v) is 6.57. The topological polar surface area (TPSA) is 222 Å². The lowest BCUT2D eigenvalue weighted by Crippen LogP contribution is -2.24. The van der Waals surface area contributed by atoms with E-state index in [1.54, 1.807) is 0 Å². The molecule has 0 amide bonds. The lowest BCUT2D eigenvalue weighted by molar-refractivity contribution is -0.432. The third kappa shape index (κ3) is 39.4. The predicted molar refractivity (Wildman–Crippen MR) is 23.9 cm³/mol. The van der Waals surface area contributed by atoms with Gasteiger partial charge >= 0.3 is 0 Å². The van der Waals surface area contributed by atoms with Crippen molar-refractivity contribution in [3.8, 4) is 0 Å². The molecule has 0 aromatic heterocycles. The number of hydrogen-bond acceptors (Lipinski definition) is 11. The van der Waals surface area contributed by atoms with Crippen molar-refractivity contribution in [2.45, 2.75) is 0 Å². The van der Waals surface area contributed by atoms with Gasteiger partial charge < -0.3 is 52.3 Å². The zero-order chi connectivity index (χ0) is 12.2. The number of hydrogen-bond donors (Lipinski definition) is 0. The Bertz CT molecular complexity index is 253. The van der Waals surface area contributed by atoms with E-state index in [9.17, 15) is 28.7 Å². The molecule has 0 fully saturated rings. The van der Waals surface area contributed by atoms with Crippen LogP contribution in [0.4, 0.5) is 0 Å². The highest BCUT2D eigenvalue weighted by atomic mass is 31.3. The van der Waals surface area contributed by atoms with E-state index < -0.39 is 23.5 Å². The average molecular weight is 269 g/mol. The molecule has 0 saturated heterocycles. The van der Waals surface area contributed by atoms with E-state index in [2.05, 4.69) is 4.31 Å². The molecule has 0 aromatic rings. The quantitative estimate of drug-likeness (QED) is 0.428. The molecule has 0 N–H and O–H groups in total. The fourth-order valence-electron chi connectivity index (χ4n) is 0.122. The van der Waals surface area contributed by atoms with Crippen LogP contribution in [-0.2, 0) is 18.0 Å². The van der Waals surface area contributed by atoms with Gasteiger partial charge in [-0.15, -0.1) is 0 Å². The lowest BCUT2D eigenvalue weighted by Gasteiger charge is -2.39. The van der Waals surface area contributed by atoms with Crippen LogP contribution in [0.15, 0.2) is 0 Å². The van der Waals surface area contributed by atoms with Gasteiger partial charge in [0.15, 0.2) is 0 Å². The zero-order valence-corrected chi connectivity index (χ0v) is 8.52. The molecule has 0 unspecified atom stereocenters. The van der Waals surface area contributed by atoms with Gasteiger partial charge in [0, 0.05) is 0 Å². The molecule has 0 spiro atoms. The summed E-state index contributed by atoms with van der Waals surface area (Å²) in [6.45, 7) is 0. The van der Waals surface area contributed by atoms with Gasteiger partial charge in [0.2, 0.25) is 0 Å². The van der Waals surface area contributed by atoms with Gasteiger partial charge in [0.05, 0.1) is 15.6 Å². The smallest absolute Gasteiger partial charge is 0.0655 e. The molecule has 0 aliphatic carbocycles. The fourth-order valence-corrected chi connectivity index (χ4v) is 1.10. The summed E-state index contributed by atoms with van der Waals surface area (Å²) in [6.07, 6.45) is 0. The van der Waals surface area contributed by atoms with Crippen LogP contribution < -0.4 is 34.3 Å². The molecule has 14 heavy (non-hydrogen) atoms. The van der Waals surface area contributed by atoms with E-state index in [-0.39, 0.29) is 0 Å². The second kappa shape index (κ2) is 5.45. The third-order valence-electron chi connectivity index (χ3n) is 0.200. The SMILES string of the molecule is O=P([O-])([O-])OP(=O)([O-])[O-].O=P([O-])([O-])[O-]. The van der Waals surface area contributed by atoms with Crippen molar-refractivity contribution in [1.29, 1.82) is 0 Å². The van der Waals surface area contributed by atoms with Crippen molar-refractivity contribution in [3.63, 3.8) is 0 Å². The average Bonchev–Trinajstić information content (AvgIpc) is 1.42. The number of phosphoric acid groups is 3. The zero-order valence-electron chi connectivity index (χ0n) is 5.83. The Morgan fingerprint density at radius 2 is 0.786 bits per heavy atom. The van der Waals surface area contributed by atoms with E-state index in [0.717, 1.165) is 0 Å². The van der Waals surface area contributed by atoms with Gasteiger partial charge in [-0.2, -0.15) is 7.82 Å². The molecule has 0 aliphatic heterocycles. The van der Waals surface area contributed by atoms with E-state index in [4.69, 9.17) is 19.2 Å². The van der Waals surface area contributed by atoms with Crippen molar-refractivity contribution < 1.29 is 52.3 Å². The molecule has 0 aliphatic rings. The van der Waals surface area contributed by atoms with Gasteiger partial charge in [-0.05, 0) is 0 Å². The summed E-state index contributed by atoms with van der Waals surface area (Å²) in [6, 6.07) is 0. The summed E-state index contributed by atoms with van der Waals surface area (Å²) in [4.78, 5) is 62.9. The van der Waals surface area contributed by atoms with Crippen LogP contribution in [0.2, 0.25) is 0 Å². The second-order valence-electron chi connectivity index (χ2n) is 1.42. The van der Waals surface area contributed by atoms with Crippen LogP contribution in [0, 0.1) is 0 Å². The number of rotatable bonds is 2. The molecule has 0 saturated carbocycles. The molecule has 0 heterocycles. The molecule has 88 valence electrons. The van der Waals surface area contributed by atoms with Gasteiger partial charge in [0.25, 0.3) is 0 Å². The molecular weight excluding hydrogens is 269 g/mol. The molecule has 11 nitrogen and oxygen atoms in total. The van der Waals surface area contributed by atoms with Crippen LogP contribution >= 0.6 is 23.5 Å². The van der Waals surface area contributed by atoms with Crippen molar-refractivity contribution in [3.05, 3.63) is 0 Å². The van der Waals surface area contributed by atoms with Gasteiger partial charge in [-0.3, -0.25) is 0 Å². The largest absolute Gasteiger partial charge is 0.822 e. The van der Waals surface area contributed by atoms with Crippen molar-refractivity contribution in [2.75, 3.05) is 0 Å². The van der Waals surface area contributed by atoms with E-state index >= 15 is 0 Å². The normalized spacial score (nSPS) is 13.1. The maximum absolute atomic E-state index is 9.32. The predicted octanol–water partition coefficient (Wildman–Crippen LogP) is -6.16. The Morgan fingerprint density at radius 1 is 0.643 bits per heavy atom. The Labute approximate surface area is 76.7 Å². The summed E-state index contributed by atoms with van der Waals surface area (Å²) in [5.74, 6) is 0. The Balaban J connectivity index is 0. The summed E-state index contributed by atoms with van der Waals surface area (Å²) in [7, 11) is -16.7. The first-order chi connectivity index (χ1) is 5.71.